The van der Waals surface area contributed by atoms with E-state index in [1.165, 1.54) is 7.11 Å². The molecular formula is C21H21ClN2O4. The van der Waals surface area contributed by atoms with E-state index >= 15 is 0 Å². The van der Waals surface area contributed by atoms with Crippen LogP contribution in [0.2, 0.25) is 5.02 Å². The topological polar surface area (TPSA) is 84.6 Å². The number of carbonyl (C=O) groups is 1. The number of aromatic nitrogens is 2. The van der Waals surface area contributed by atoms with Gasteiger partial charge in [-0.1, -0.05) is 41.9 Å². The summed E-state index contributed by atoms with van der Waals surface area (Å²) in [7, 11) is 1.22. The maximum atomic E-state index is 12.1. The molecule has 0 saturated heterocycles. The number of esters is 1. The van der Waals surface area contributed by atoms with Crippen LogP contribution in [-0.2, 0) is 17.6 Å². The number of imidazole rings is 1. The standard InChI is InChI=1S/C21H21ClN2O4/c1-13(14-6-4-3-5-7-14)24-11-10-23-18(24)9-8-15-19(21(27)28-2)16(25)12-17(26)20(15)22/h3-7,10-13,25-26H,8-9H2,1-2H3. The van der Waals surface area contributed by atoms with Crippen LogP contribution < -0.4 is 0 Å². The van der Waals surface area contributed by atoms with Crippen LogP contribution in [0.25, 0.3) is 0 Å². The molecule has 0 aliphatic carbocycles. The molecule has 0 fully saturated rings. The van der Waals surface area contributed by atoms with Crippen molar-refractivity contribution in [2.75, 3.05) is 7.11 Å². The first-order chi connectivity index (χ1) is 13.4. The first-order valence-electron chi connectivity index (χ1n) is 8.82. The molecule has 1 aromatic heterocycles. The summed E-state index contributed by atoms with van der Waals surface area (Å²) in [6.45, 7) is 2.08. The second-order valence-corrected chi connectivity index (χ2v) is 6.79. The van der Waals surface area contributed by atoms with E-state index in [2.05, 4.69) is 11.9 Å². The van der Waals surface area contributed by atoms with Crippen LogP contribution in [0.4, 0.5) is 0 Å². The van der Waals surface area contributed by atoms with Gasteiger partial charge in [0.1, 0.15) is 22.9 Å². The number of halogens is 1. The molecule has 7 heteroatoms. The molecule has 28 heavy (non-hydrogen) atoms. The highest BCUT2D eigenvalue weighted by molar-refractivity contribution is 6.33. The fraction of sp³-hybridized carbons (Fsp3) is 0.238. The summed E-state index contributed by atoms with van der Waals surface area (Å²) in [5.41, 5.74) is 1.43. The van der Waals surface area contributed by atoms with E-state index in [1.807, 2.05) is 41.1 Å². The monoisotopic (exact) mass is 400 g/mol. The van der Waals surface area contributed by atoms with Gasteiger partial charge in [0.05, 0.1) is 18.2 Å². The second-order valence-electron chi connectivity index (χ2n) is 6.41. The minimum Gasteiger partial charge on any atom is -0.507 e. The minimum atomic E-state index is -0.713. The lowest BCUT2D eigenvalue weighted by Gasteiger charge is -2.18. The highest BCUT2D eigenvalue weighted by atomic mass is 35.5. The Morgan fingerprint density at radius 1 is 1.21 bits per heavy atom. The van der Waals surface area contributed by atoms with Crippen LogP contribution in [0, 0.1) is 0 Å². The van der Waals surface area contributed by atoms with Gasteiger partial charge in [0.25, 0.3) is 0 Å². The summed E-state index contributed by atoms with van der Waals surface area (Å²) in [5.74, 6) is -0.575. The van der Waals surface area contributed by atoms with E-state index in [0.29, 0.717) is 18.4 Å². The van der Waals surface area contributed by atoms with E-state index in [0.717, 1.165) is 17.5 Å². The zero-order valence-electron chi connectivity index (χ0n) is 15.6. The van der Waals surface area contributed by atoms with Crippen molar-refractivity contribution >= 4 is 17.6 Å². The normalized spacial score (nSPS) is 12.0. The fourth-order valence-corrected chi connectivity index (χ4v) is 3.51. The Hall–Kier alpha value is -2.99. The minimum absolute atomic E-state index is 0.0208. The van der Waals surface area contributed by atoms with Crippen molar-refractivity contribution in [2.45, 2.75) is 25.8 Å². The number of aromatic hydroxyl groups is 2. The molecule has 0 radical (unpaired) electrons. The maximum absolute atomic E-state index is 12.1. The fourth-order valence-electron chi connectivity index (χ4n) is 3.27. The summed E-state index contributed by atoms with van der Waals surface area (Å²) in [6.07, 6.45) is 4.37. The average Bonchev–Trinajstić information content (AvgIpc) is 3.17. The quantitative estimate of drug-likeness (QED) is 0.608. The van der Waals surface area contributed by atoms with Crippen LogP contribution >= 0.6 is 11.6 Å². The van der Waals surface area contributed by atoms with E-state index in [4.69, 9.17) is 16.3 Å². The molecule has 0 aliphatic heterocycles. The molecule has 2 N–H and O–H groups in total. The molecule has 2 aromatic carbocycles. The lowest BCUT2D eigenvalue weighted by Crippen LogP contribution is -2.12. The molecule has 0 bridgehead atoms. The number of carbonyl (C=O) groups excluding carboxylic acids is 1. The molecular weight excluding hydrogens is 380 g/mol. The van der Waals surface area contributed by atoms with Gasteiger partial charge in [0.15, 0.2) is 0 Å². The van der Waals surface area contributed by atoms with Crippen molar-refractivity contribution in [1.29, 1.82) is 0 Å². The van der Waals surface area contributed by atoms with Crippen molar-refractivity contribution < 1.29 is 19.7 Å². The van der Waals surface area contributed by atoms with Crippen molar-refractivity contribution in [3.8, 4) is 11.5 Å². The molecule has 0 amide bonds. The Morgan fingerprint density at radius 2 is 1.93 bits per heavy atom. The van der Waals surface area contributed by atoms with Crippen molar-refractivity contribution in [3.05, 3.63) is 76.3 Å². The number of hydrogen-bond acceptors (Lipinski definition) is 5. The summed E-state index contributed by atoms with van der Waals surface area (Å²) in [4.78, 5) is 16.5. The first-order valence-corrected chi connectivity index (χ1v) is 9.20. The van der Waals surface area contributed by atoms with Gasteiger partial charge in [0, 0.05) is 24.9 Å². The van der Waals surface area contributed by atoms with Crippen LogP contribution in [0.1, 0.15) is 40.3 Å². The zero-order valence-corrected chi connectivity index (χ0v) is 16.3. The molecule has 6 nitrogen and oxygen atoms in total. The number of ether oxygens (including phenoxy) is 1. The average molecular weight is 401 g/mol. The molecule has 1 heterocycles. The number of hydrogen-bond donors (Lipinski definition) is 2. The third-order valence-corrected chi connectivity index (χ3v) is 5.18. The summed E-state index contributed by atoms with van der Waals surface area (Å²) < 4.78 is 6.79. The van der Waals surface area contributed by atoms with Gasteiger partial charge in [-0.3, -0.25) is 0 Å². The van der Waals surface area contributed by atoms with Gasteiger partial charge < -0.3 is 19.5 Å². The number of aryl methyl sites for hydroxylation is 1. The summed E-state index contributed by atoms with van der Waals surface area (Å²) >= 11 is 6.21. The number of rotatable bonds is 6. The molecule has 1 atom stereocenters. The molecule has 1 unspecified atom stereocenters. The number of benzene rings is 2. The SMILES string of the molecule is COC(=O)c1c(O)cc(O)c(Cl)c1CCc1nccn1C(C)c1ccccc1. The molecule has 3 rings (SSSR count). The first kappa shape index (κ1) is 19.8. The largest absolute Gasteiger partial charge is 0.507 e. The third-order valence-electron chi connectivity index (χ3n) is 4.76. The molecule has 3 aromatic rings. The zero-order chi connectivity index (χ0) is 20.3. The number of methoxy groups -OCH3 is 1. The Kier molecular flexibility index (Phi) is 5.90. The number of phenolic OH excluding ortho intramolecular Hbond substituents is 2. The van der Waals surface area contributed by atoms with Gasteiger partial charge >= 0.3 is 5.97 Å². The predicted octanol–water partition coefficient (Wildman–Crippen LogP) is 4.13. The number of nitrogens with zero attached hydrogens (tertiary/aromatic N) is 2. The molecule has 146 valence electrons. The van der Waals surface area contributed by atoms with Crippen LogP contribution in [-0.4, -0.2) is 32.8 Å². The van der Waals surface area contributed by atoms with Gasteiger partial charge in [-0.2, -0.15) is 0 Å². The third kappa shape index (κ3) is 3.82. The van der Waals surface area contributed by atoms with E-state index in [1.54, 1.807) is 6.20 Å². The molecule has 0 aliphatic rings. The van der Waals surface area contributed by atoms with Crippen LogP contribution in [0.3, 0.4) is 0 Å². The summed E-state index contributed by atoms with van der Waals surface area (Å²) in [6, 6.07) is 11.2. The lowest BCUT2D eigenvalue weighted by molar-refractivity contribution is 0.0596. The van der Waals surface area contributed by atoms with Gasteiger partial charge in [-0.25, -0.2) is 9.78 Å². The highest BCUT2D eigenvalue weighted by Gasteiger charge is 2.23. The van der Waals surface area contributed by atoms with Crippen molar-refractivity contribution in [2.24, 2.45) is 0 Å². The molecule has 0 saturated carbocycles. The Bertz CT molecular complexity index is 986. The smallest absolute Gasteiger partial charge is 0.341 e. The summed E-state index contributed by atoms with van der Waals surface area (Å²) in [5, 5.41) is 20.1. The molecule has 0 spiro atoms. The van der Waals surface area contributed by atoms with E-state index in [9.17, 15) is 15.0 Å². The van der Waals surface area contributed by atoms with Crippen LogP contribution in [0.15, 0.2) is 48.8 Å². The van der Waals surface area contributed by atoms with Crippen LogP contribution in [0.5, 0.6) is 11.5 Å². The van der Waals surface area contributed by atoms with Gasteiger partial charge in [0.2, 0.25) is 0 Å². The van der Waals surface area contributed by atoms with Crippen molar-refractivity contribution in [1.82, 2.24) is 9.55 Å². The van der Waals surface area contributed by atoms with E-state index in [-0.39, 0.29) is 28.1 Å². The second kappa shape index (κ2) is 8.35. The Balaban J connectivity index is 1.90. The van der Waals surface area contributed by atoms with Crippen molar-refractivity contribution in [3.63, 3.8) is 0 Å². The number of phenols is 2. The predicted molar refractivity (Wildman–Crippen MR) is 106 cm³/mol. The Morgan fingerprint density at radius 3 is 2.61 bits per heavy atom. The highest BCUT2D eigenvalue weighted by Crippen LogP contribution is 2.37. The van der Waals surface area contributed by atoms with Gasteiger partial charge in [-0.15, -0.1) is 0 Å². The Labute approximate surface area is 168 Å². The lowest BCUT2D eigenvalue weighted by atomic mass is 10.0. The van der Waals surface area contributed by atoms with E-state index < -0.39 is 5.97 Å². The van der Waals surface area contributed by atoms with Gasteiger partial charge in [-0.05, 0) is 24.5 Å². The maximum Gasteiger partial charge on any atom is 0.341 e.